The molecule has 0 saturated carbocycles. The number of unbranched alkanes of at least 4 members (excludes halogenated alkanes) is 2. The second-order valence-electron chi connectivity index (χ2n) is 10.3. The van der Waals surface area contributed by atoms with E-state index >= 15 is 0 Å². The molecule has 13 nitrogen and oxygen atoms in total. The molecule has 2 aromatic carbocycles. The Hall–Kier alpha value is -5.46. The summed E-state index contributed by atoms with van der Waals surface area (Å²) < 4.78 is 16.6. The Morgan fingerprint density at radius 3 is 2.52 bits per heavy atom. The summed E-state index contributed by atoms with van der Waals surface area (Å²) in [5, 5.41) is 3.35. The second kappa shape index (κ2) is 16.6. The van der Waals surface area contributed by atoms with Crippen molar-refractivity contribution in [2.75, 3.05) is 37.2 Å². The molecule has 0 fully saturated rings. The van der Waals surface area contributed by atoms with E-state index in [-0.39, 0.29) is 31.4 Å². The van der Waals surface area contributed by atoms with Crippen molar-refractivity contribution < 1.29 is 28.6 Å². The number of fused-ring (bicyclic) bond motifs is 1. The minimum atomic E-state index is -0.765. The molecule has 0 bridgehead atoms. The van der Waals surface area contributed by atoms with Crippen molar-refractivity contribution in [2.24, 2.45) is 17.8 Å². The van der Waals surface area contributed by atoms with Gasteiger partial charge in [0.25, 0.3) is 5.91 Å². The number of hydrogen-bond acceptors (Lipinski definition) is 10. The number of nitrogens with one attached hydrogen (secondary N) is 1. The molecular weight excluding hydrogens is 590 g/mol. The highest BCUT2D eigenvalue weighted by Crippen LogP contribution is 2.21. The summed E-state index contributed by atoms with van der Waals surface area (Å²) in [6, 6.07) is 17.9. The Morgan fingerprint density at radius 2 is 1.80 bits per heavy atom. The molecule has 1 amide bonds. The van der Waals surface area contributed by atoms with Crippen molar-refractivity contribution in [3.05, 3.63) is 83.8 Å². The van der Waals surface area contributed by atoms with Gasteiger partial charge in [-0.25, -0.2) is 19.8 Å². The number of nitrogens with two attached hydrogens (primary N) is 1. The third kappa shape index (κ3) is 9.03. The van der Waals surface area contributed by atoms with E-state index < -0.39 is 12.1 Å². The van der Waals surface area contributed by atoms with Gasteiger partial charge in [0.15, 0.2) is 6.73 Å². The van der Waals surface area contributed by atoms with Gasteiger partial charge in [-0.05, 0) is 61.0 Å². The average Bonchev–Trinajstić information content (AvgIpc) is 3.40. The number of rotatable bonds is 15. The van der Waals surface area contributed by atoms with Crippen LogP contribution in [0.2, 0.25) is 0 Å². The van der Waals surface area contributed by atoms with Crippen LogP contribution < -0.4 is 16.0 Å². The van der Waals surface area contributed by atoms with Crippen LogP contribution in [0.3, 0.4) is 0 Å². The molecule has 0 aliphatic rings. The lowest BCUT2D eigenvalue weighted by Gasteiger charge is -2.21. The number of nitrogens with zero attached hydrogens (tertiary/aromatic N) is 5. The molecule has 242 valence electrons. The zero-order valence-corrected chi connectivity index (χ0v) is 26.3. The molecule has 2 aromatic heterocycles. The summed E-state index contributed by atoms with van der Waals surface area (Å²) in [4.78, 5) is 51.6. The number of pyridine rings is 1. The van der Waals surface area contributed by atoms with Crippen molar-refractivity contribution in [2.45, 2.75) is 39.2 Å². The Kier molecular flexibility index (Phi) is 12.0. The van der Waals surface area contributed by atoms with Crippen molar-refractivity contribution in [3.63, 3.8) is 0 Å². The van der Waals surface area contributed by atoms with Gasteiger partial charge in [0, 0.05) is 36.6 Å². The minimum absolute atomic E-state index is 0.0327. The fourth-order valence-corrected chi connectivity index (χ4v) is 4.57. The molecule has 0 unspecified atom stereocenters. The van der Waals surface area contributed by atoms with Crippen LogP contribution in [-0.4, -0.2) is 65.4 Å². The Morgan fingerprint density at radius 1 is 1.02 bits per heavy atom. The summed E-state index contributed by atoms with van der Waals surface area (Å²) in [5.74, 6) is 0.715. The summed E-state index contributed by atoms with van der Waals surface area (Å²) in [7, 11) is 3.22. The van der Waals surface area contributed by atoms with Crippen LogP contribution in [0.15, 0.2) is 71.9 Å². The Bertz CT molecular complexity index is 1650. The van der Waals surface area contributed by atoms with Crippen LogP contribution in [0, 0.1) is 0 Å². The summed E-state index contributed by atoms with van der Waals surface area (Å²) >= 11 is 0. The van der Waals surface area contributed by atoms with E-state index in [9.17, 15) is 14.4 Å². The van der Waals surface area contributed by atoms with Crippen molar-refractivity contribution in [1.82, 2.24) is 14.5 Å². The topological polar surface area (TPSA) is 163 Å². The fraction of sp³-hybridized carbons (Fsp3) is 0.333. The van der Waals surface area contributed by atoms with E-state index in [1.54, 1.807) is 36.5 Å². The fourth-order valence-electron chi connectivity index (χ4n) is 4.57. The predicted molar refractivity (Wildman–Crippen MR) is 175 cm³/mol. The molecular formula is C33H39N7O6. The van der Waals surface area contributed by atoms with E-state index in [2.05, 4.69) is 22.2 Å². The number of anilines is 2. The smallest absolute Gasteiger partial charge is 0.469 e. The summed E-state index contributed by atoms with van der Waals surface area (Å²) in [6.07, 6.45) is 3.68. The zero-order chi connectivity index (χ0) is 32.9. The van der Waals surface area contributed by atoms with E-state index in [0.717, 1.165) is 36.3 Å². The van der Waals surface area contributed by atoms with E-state index in [1.807, 2.05) is 41.9 Å². The number of benzene rings is 2. The van der Waals surface area contributed by atoms with Gasteiger partial charge < -0.3 is 29.8 Å². The maximum Gasteiger partial charge on any atom is 0.510 e. The van der Waals surface area contributed by atoms with E-state index in [4.69, 9.17) is 24.9 Å². The first-order valence-electron chi connectivity index (χ1n) is 15.0. The van der Waals surface area contributed by atoms with Crippen LogP contribution in [0.4, 0.5) is 16.3 Å². The van der Waals surface area contributed by atoms with Gasteiger partial charge in [-0.3, -0.25) is 14.5 Å². The monoisotopic (exact) mass is 629 g/mol. The van der Waals surface area contributed by atoms with E-state index in [0.29, 0.717) is 35.6 Å². The highest BCUT2D eigenvalue weighted by molar-refractivity contribution is 6.07. The quantitative estimate of drug-likeness (QED) is 0.0808. The van der Waals surface area contributed by atoms with E-state index in [1.165, 1.54) is 12.0 Å². The first kappa shape index (κ1) is 33.4. The Labute approximate surface area is 267 Å². The number of ether oxygens (including phenoxy) is 3. The van der Waals surface area contributed by atoms with Gasteiger partial charge in [0.1, 0.15) is 17.5 Å². The standard InChI is InChI=1S/C33H39N7O6/c1-4-5-8-19-45-33(43)46-22-37-31(34)23-10-13-25(14-11-23)36-21-29-38-26-20-24(12-15-27(26)39(29)2)32(42)40(18-16-30(41)44-3)28-9-6-7-17-35-28/h6-7,9-15,17,20,36H,4-5,8,16,18-19,21-22H2,1-3H3,(H2,34,37). The van der Waals surface area contributed by atoms with Gasteiger partial charge in [-0.2, -0.15) is 0 Å². The van der Waals surface area contributed by atoms with Crippen LogP contribution >= 0.6 is 0 Å². The number of amidine groups is 1. The minimum Gasteiger partial charge on any atom is -0.469 e. The van der Waals surface area contributed by atoms with Gasteiger partial charge in [0.2, 0.25) is 0 Å². The lowest BCUT2D eigenvalue weighted by molar-refractivity contribution is -0.140. The van der Waals surface area contributed by atoms with Gasteiger partial charge >= 0.3 is 12.1 Å². The molecule has 3 N–H and O–H groups in total. The Balaban J connectivity index is 1.37. The third-order valence-corrected chi connectivity index (χ3v) is 7.17. The van der Waals surface area contributed by atoms with Crippen molar-refractivity contribution in [3.8, 4) is 0 Å². The number of imidazole rings is 1. The zero-order valence-electron chi connectivity index (χ0n) is 26.3. The molecule has 2 heterocycles. The van der Waals surface area contributed by atoms with Crippen LogP contribution in [0.25, 0.3) is 11.0 Å². The number of carbonyl (C=O) groups is 3. The predicted octanol–water partition coefficient (Wildman–Crippen LogP) is 4.80. The number of hydrogen-bond donors (Lipinski definition) is 2. The first-order chi connectivity index (χ1) is 22.3. The second-order valence-corrected chi connectivity index (χ2v) is 10.3. The molecule has 0 aliphatic heterocycles. The van der Waals surface area contributed by atoms with Gasteiger partial charge in [-0.15, -0.1) is 0 Å². The SMILES string of the molecule is CCCCCOC(=O)OC/N=C(/N)c1ccc(NCc2nc3cc(C(=O)N(CCC(=O)OC)c4ccccn4)ccc3n2C)cc1. The molecule has 0 spiro atoms. The lowest BCUT2D eigenvalue weighted by atomic mass is 10.1. The molecule has 0 saturated heterocycles. The number of methoxy groups -OCH3 is 1. The number of amides is 1. The summed E-state index contributed by atoms with van der Waals surface area (Å²) in [6.45, 7) is 2.70. The summed E-state index contributed by atoms with van der Waals surface area (Å²) in [5.41, 5.74) is 9.51. The molecule has 13 heteroatoms. The number of carbonyl (C=O) groups excluding carboxylic acids is 3. The largest absolute Gasteiger partial charge is 0.510 e. The number of esters is 1. The molecule has 46 heavy (non-hydrogen) atoms. The van der Waals surface area contributed by atoms with Crippen LogP contribution in [0.1, 0.15) is 54.4 Å². The molecule has 4 rings (SSSR count). The van der Waals surface area contributed by atoms with Gasteiger partial charge in [0.05, 0.1) is 37.7 Å². The number of aliphatic imine (C=N–C) groups is 1. The molecule has 4 aromatic rings. The lowest BCUT2D eigenvalue weighted by Crippen LogP contribution is -2.33. The van der Waals surface area contributed by atoms with Crippen LogP contribution in [0.5, 0.6) is 0 Å². The molecule has 0 atom stereocenters. The maximum atomic E-state index is 13.6. The highest BCUT2D eigenvalue weighted by atomic mass is 16.7. The molecule has 0 aliphatic carbocycles. The van der Waals surface area contributed by atoms with Gasteiger partial charge in [-0.1, -0.05) is 25.8 Å². The third-order valence-electron chi connectivity index (χ3n) is 7.17. The number of aryl methyl sites for hydroxylation is 1. The van der Waals surface area contributed by atoms with Crippen molar-refractivity contribution >= 4 is 46.4 Å². The maximum absolute atomic E-state index is 13.6. The average molecular weight is 630 g/mol. The van der Waals surface area contributed by atoms with Crippen molar-refractivity contribution in [1.29, 1.82) is 0 Å². The normalized spacial score (nSPS) is 11.2. The van der Waals surface area contributed by atoms with Crippen LogP contribution in [-0.2, 0) is 32.6 Å². The molecule has 0 radical (unpaired) electrons. The number of aromatic nitrogens is 3. The first-order valence-corrected chi connectivity index (χ1v) is 15.0. The highest BCUT2D eigenvalue weighted by Gasteiger charge is 2.21.